The molecule has 0 bridgehead atoms. The van der Waals surface area contributed by atoms with Crippen LogP contribution in [0.25, 0.3) is 22.2 Å². The van der Waals surface area contributed by atoms with Crippen LogP contribution in [0, 0.1) is 6.92 Å². The van der Waals surface area contributed by atoms with Crippen LogP contribution in [0.15, 0.2) is 87.5 Å². The Morgan fingerprint density at radius 2 is 1.75 bits per heavy atom. The summed E-state index contributed by atoms with van der Waals surface area (Å²) in [5.41, 5.74) is 2.96. The molecule has 5 aromatic rings. The van der Waals surface area contributed by atoms with Crippen molar-refractivity contribution in [2.45, 2.75) is 17.8 Å². The Kier molecular flexibility index (Phi) is 5.28. The number of nitrogens with zero attached hydrogens (tertiary/aromatic N) is 4. The highest BCUT2D eigenvalue weighted by Crippen LogP contribution is 2.25. The van der Waals surface area contributed by atoms with Gasteiger partial charge in [0.15, 0.2) is 5.16 Å². The number of thioether (sulfide) groups is 1. The van der Waals surface area contributed by atoms with Crippen molar-refractivity contribution in [2.75, 3.05) is 0 Å². The number of halogens is 1. The molecular weight excluding hydrogens is 444 g/mol. The van der Waals surface area contributed by atoms with Crippen molar-refractivity contribution in [3.63, 3.8) is 0 Å². The molecule has 5 rings (SSSR count). The average molecular weight is 461 g/mol. The second kappa shape index (κ2) is 8.26. The Morgan fingerprint density at radius 3 is 2.59 bits per heavy atom. The third-order valence-electron chi connectivity index (χ3n) is 5.09. The van der Waals surface area contributed by atoms with Crippen molar-refractivity contribution < 1.29 is 0 Å². The van der Waals surface area contributed by atoms with Gasteiger partial charge in [-0.2, -0.15) is 0 Å². The fourth-order valence-electron chi connectivity index (χ4n) is 3.63. The highest BCUT2D eigenvalue weighted by molar-refractivity contribution is 7.98. The molecule has 3 aromatic heterocycles. The first-order chi connectivity index (χ1) is 15.5. The van der Waals surface area contributed by atoms with E-state index in [1.54, 1.807) is 39.3 Å². The number of fused-ring (bicyclic) bond motifs is 2. The highest BCUT2D eigenvalue weighted by atomic mass is 35.5. The summed E-state index contributed by atoms with van der Waals surface area (Å²) in [5.74, 6) is 0.380. The second-order valence-electron chi connectivity index (χ2n) is 7.27. The van der Waals surface area contributed by atoms with E-state index < -0.39 is 0 Å². The molecule has 0 unspecified atom stereocenters. The predicted octanol–water partition coefficient (Wildman–Crippen LogP) is 4.65. The fourth-order valence-corrected chi connectivity index (χ4v) is 4.72. The molecule has 0 atom stereocenters. The van der Waals surface area contributed by atoms with E-state index in [0.717, 1.165) is 5.69 Å². The summed E-state index contributed by atoms with van der Waals surface area (Å²) in [4.78, 5) is 35.3. The van der Waals surface area contributed by atoms with Gasteiger partial charge >= 0.3 is 0 Å². The van der Waals surface area contributed by atoms with Gasteiger partial charge in [0.1, 0.15) is 5.65 Å². The quantitative estimate of drug-likeness (QED) is 0.288. The SMILES string of the molecule is Cc1cccc2nc(CSc3nc4ccccc4c(=O)n3-c3cccc(Cl)c3)cc(=O)n12. The van der Waals surface area contributed by atoms with Gasteiger partial charge in [0.2, 0.25) is 0 Å². The minimum Gasteiger partial charge on any atom is -0.269 e. The molecule has 0 aliphatic rings. The molecule has 0 saturated heterocycles. The van der Waals surface area contributed by atoms with E-state index in [-0.39, 0.29) is 11.1 Å². The molecule has 0 amide bonds. The molecule has 158 valence electrons. The smallest absolute Gasteiger partial charge is 0.266 e. The third-order valence-corrected chi connectivity index (χ3v) is 6.30. The summed E-state index contributed by atoms with van der Waals surface area (Å²) in [7, 11) is 0. The van der Waals surface area contributed by atoms with Crippen LogP contribution < -0.4 is 11.1 Å². The Balaban J connectivity index is 1.61. The normalized spacial score (nSPS) is 11.3. The van der Waals surface area contributed by atoms with Gasteiger partial charge in [-0.1, -0.05) is 47.6 Å². The maximum absolute atomic E-state index is 13.3. The van der Waals surface area contributed by atoms with Gasteiger partial charge in [0.25, 0.3) is 11.1 Å². The zero-order chi connectivity index (χ0) is 22.2. The van der Waals surface area contributed by atoms with Gasteiger partial charge in [-0.05, 0) is 49.4 Å². The molecule has 0 fully saturated rings. The first-order valence-electron chi connectivity index (χ1n) is 9.90. The van der Waals surface area contributed by atoms with Crippen LogP contribution in [0.2, 0.25) is 5.02 Å². The summed E-state index contributed by atoms with van der Waals surface area (Å²) in [5, 5.41) is 1.55. The Labute approximate surface area is 192 Å². The molecule has 8 heteroatoms. The predicted molar refractivity (Wildman–Crippen MR) is 128 cm³/mol. The summed E-state index contributed by atoms with van der Waals surface area (Å²) in [6.45, 7) is 1.87. The van der Waals surface area contributed by atoms with Crippen LogP contribution in [0.1, 0.15) is 11.4 Å². The Hall–Kier alpha value is -3.42. The summed E-state index contributed by atoms with van der Waals surface area (Å²) < 4.78 is 3.13. The van der Waals surface area contributed by atoms with Gasteiger partial charge < -0.3 is 0 Å². The Morgan fingerprint density at radius 1 is 0.938 bits per heavy atom. The van der Waals surface area contributed by atoms with E-state index in [1.165, 1.54) is 17.8 Å². The molecule has 0 saturated carbocycles. The summed E-state index contributed by atoms with van der Waals surface area (Å²) >= 11 is 7.54. The topological polar surface area (TPSA) is 69.3 Å². The monoisotopic (exact) mass is 460 g/mol. The number of benzene rings is 2. The van der Waals surface area contributed by atoms with Crippen LogP contribution in [0.5, 0.6) is 0 Å². The number of hydrogen-bond donors (Lipinski definition) is 0. The molecule has 0 spiro atoms. The van der Waals surface area contributed by atoms with Crippen molar-refractivity contribution in [3.8, 4) is 5.69 Å². The minimum absolute atomic E-state index is 0.137. The number of para-hydroxylation sites is 1. The zero-order valence-electron chi connectivity index (χ0n) is 17.0. The van der Waals surface area contributed by atoms with Gasteiger partial charge in [0, 0.05) is 22.5 Å². The van der Waals surface area contributed by atoms with E-state index in [0.29, 0.717) is 43.9 Å². The minimum atomic E-state index is -0.178. The third kappa shape index (κ3) is 3.70. The van der Waals surface area contributed by atoms with E-state index >= 15 is 0 Å². The van der Waals surface area contributed by atoms with Gasteiger partial charge in [-0.25, -0.2) is 9.97 Å². The second-order valence-corrected chi connectivity index (χ2v) is 8.65. The molecule has 3 heterocycles. The standard InChI is InChI=1S/C24H17ClN4O2S/c1-15-6-4-11-21-26-17(13-22(30)28(15)21)14-32-24-27-20-10-3-2-9-19(20)23(31)29(24)18-8-5-7-16(25)12-18/h2-13H,14H2,1H3. The number of pyridine rings is 1. The molecule has 0 aliphatic heterocycles. The van der Waals surface area contributed by atoms with Crippen molar-refractivity contribution in [1.82, 2.24) is 18.9 Å². The number of rotatable bonds is 4. The first-order valence-corrected chi connectivity index (χ1v) is 11.3. The average Bonchev–Trinajstić information content (AvgIpc) is 2.77. The lowest BCUT2D eigenvalue weighted by atomic mass is 10.2. The fraction of sp³-hybridized carbons (Fsp3) is 0.0833. The van der Waals surface area contributed by atoms with Crippen LogP contribution >= 0.6 is 23.4 Å². The lowest BCUT2D eigenvalue weighted by Gasteiger charge is -2.13. The molecule has 32 heavy (non-hydrogen) atoms. The van der Waals surface area contributed by atoms with E-state index in [1.807, 2.05) is 43.3 Å². The maximum atomic E-state index is 13.3. The zero-order valence-corrected chi connectivity index (χ0v) is 18.6. The van der Waals surface area contributed by atoms with Crippen LogP contribution in [0.4, 0.5) is 0 Å². The van der Waals surface area contributed by atoms with Gasteiger partial charge in [0.05, 0.1) is 22.3 Å². The van der Waals surface area contributed by atoms with Crippen LogP contribution in [-0.4, -0.2) is 18.9 Å². The van der Waals surface area contributed by atoms with E-state index in [4.69, 9.17) is 16.6 Å². The van der Waals surface area contributed by atoms with Crippen molar-refractivity contribution in [1.29, 1.82) is 0 Å². The molecule has 0 radical (unpaired) electrons. The van der Waals surface area contributed by atoms with Gasteiger partial charge in [-0.15, -0.1) is 0 Å². The molecule has 0 N–H and O–H groups in total. The maximum Gasteiger partial charge on any atom is 0.266 e. The molecule has 2 aromatic carbocycles. The number of hydrogen-bond acceptors (Lipinski definition) is 5. The molecule has 6 nitrogen and oxygen atoms in total. The Bertz CT molecular complexity index is 1610. The summed E-state index contributed by atoms with van der Waals surface area (Å²) in [6, 6.07) is 21.4. The van der Waals surface area contributed by atoms with Crippen molar-refractivity contribution >= 4 is 39.9 Å². The number of aromatic nitrogens is 4. The largest absolute Gasteiger partial charge is 0.269 e. The highest BCUT2D eigenvalue weighted by Gasteiger charge is 2.14. The molecular formula is C24H17ClN4O2S. The molecule has 0 aliphatic carbocycles. The number of aryl methyl sites for hydroxylation is 1. The lowest BCUT2D eigenvalue weighted by molar-refractivity contribution is 0.819. The van der Waals surface area contributed by atoms with Gasteiger partial charge in [-0.3, -0.25) is 18.6 Å². The van der Waals surface area contributed by atoms with Crippen LogP contribution in [-0.2, 0) is 5.75 Å². The van der Waals surface area contributed by atoms with E-state index in [2.05, 4.69) is 4.98 Å². The van der Waals surface area contributed by atoms with Crippen LogP contribution in [0.3, 0.4) is 0 Å². The first kappa shape index (κ1) is 20.5. The van der Waals surface area contributed by atoms with E-state index in [9.17, 15) is 9.59 Å². The van der Waals surface area contributed by atoms with Crippen molar-refractivity contribution in [3.05, 3.63) is 110 Å². The lowest BCUT2D eigenvalue weighted by Crippen LogP contribution is -2.22. The van der Waals surface area contributed by atoms with Crippen molar-refractivity contribution in [2.24, 2.45) is 0 Å². The summed E-state index contributed by atoms with van der Waals surface area (Å²) in [6.07, 6.45) is 0.